The fourth-order valence-electron chi connectivity index (χ4n) is 0.539. The molecule has 1 aromatic carbocycles. The van der Waals surface area contributed by atoms with Gasteiger partial charge in [0.15, 0.2) is 0 Å². The van der Waals surface area contributed by atoms with Crippen LogP contribution in [0.25, 0.3) is 0 Å². The van der Waals surface area contributed by atoms with Gasteiger partial charge < -0.3 is 0 Å². The number of rotatable bonds is 0. The number of benzene rings is 1. The molecule has 0 amide bonds. The van der Waals surface area contributed by atoms with Gasteiger partial charge in [0.1, 0.15) is 11.6 Å². The van der Waals surface area contributed by atoms with Crippen LogP contribution in [0.5, 0.6) is 0 Å². The lowest BCUT2D eigenvalue weighted by molar-refractivity contribution is 0.577. The molecule has 0 unspecified atom stereocenters. The minimum absolute atomic E-state index is 0. The Hall–Kier alpha value is -0.560. The summed E-state index contributed by atoms with van der Waals surface area (Å²) in [6.07, 6.45) is 0. The largest absolute Gasteiger partial charge is 0.269 e. The summed E-state index contributed by atoms with van der Waals surface area (Å²) in [7, 11) is 0. The zero-order chi connectivity index (χ0) is 6.85. The van der Waals surface area contributed by atoms with Gasteiger partial charge in [-0.3, -0.25) is 18.8 Å². The molecule has 0 aliphatic heterocycles. The fourth-order valence-corrected chi connectivity index (χ4v) is 0.786. The van der Waals surface area contributed by atoms with Crippen LogP contribution in [0.2, 0.25) is 0 Å². The molecule has 8 heteroatoms. The van der Waals surface area contributed by atoms with Crippen LogP contribution in [-0.4, -0.2) is 0 Å². The van der Waals surface area contributed by atoms with Crippen LogP contribution in [0.4, 0.5) is 27.6 Å². The van der Waals surface area contributed by atoms with Crippen LogP contribution in [0.1, 0.15) is 0 Å². The Labute approximate surface area is 88.0 Å². The van der Waals surface area contributed by atoms with Gasteiger partial charge in [0.05, 0.1) is 0 Å². The molecule has 0 saturated carbocycles. The Morgan fingerprint density at radius 3 is 1.29 bits per heavy atom. The van der Waals surface area contributed by atoms with Crippen molar-refractivity contribution in [2.24, 2.45) is 0 Å². The van der Waals surface area contributed by atoms with Crippen molar-refractivity contribution in [1.29, 1.82) is 0 Å². The van der Waals surface area contributed by atoms with Gasteiger partial charge in [-0.25, -0.2) is 8.78 Å². The van der Waals surface area contributed by atoms with Crippen LogP contribution in [0, 0.1) is 11.6 Å². The monoisotopic (exact) mass is 262 g/mol. The Kier molecular flexibility index (Phi) is 25.9. The van der Waals surface area contributed by atoms with E-state index >= 15 is 0 Å². The summed E-state index contributed by atoms with van der Waals surface area (Å²) in [4.78, 5) is 0.299. The maximum absolute atomic E-state index is 12.1. The number of halogens is 7. The van der Waals surface area contributed by atoms with Gasteiger partial charge in [-0.05, 0) is 12.1 Å². The zero-order valence-corrected chi connectivity index (χ0v) is 8.19. The van der Waals surface area contributed by atoms with Crippen LogP contribution in [0.3, 0.4) is 0 Å². The molecule has 1 aromatic rings. The van der Waals surface area contributed by atoms with Gasteiger partial charge in [-0.15, -0.1) is 25.0 Å². The van der Waals surface area contributed by atoms with Gasteiger partial charge in [0, 0.05) is 11.0 Å². The zero-order valence-electron chi connectivity index (χ0n) is 6.48. The molecule has 0 heterocycles. The summed E-state index contributed by atoms with van der Waals surface area (Å²) in [6.45, 7) is 0. The number of hydrogen-bond acceptors (Lipinski definition) is 1. The molecular formula is C6H9ClF6S. The summed E-state index contributed by atoms with van der Waals surface area (Å²) in [5, 5.41) is 0. The highest BCUT2D eigenvalue weighted by atomic mass is 35.5. The molecule has 0 aromatic heterocycles. The molecule has 0 atom stereocenters. The van der Waals surface area contributed by atoms with Crippen molar-refractivity contribution in [2.75, 3.05) is 0 Å². The molecule has 1 rings (SSSR count). The second kappa shape index (κ2) is 12.4. The van der Waals surface area contributed by atoms with Crippen LogP contribution in [-0.2, 0) is 0 Å². The normalized spacial score (nSPS) is 6.21. The maximum atomic E-state index is 12.1. The summed E-state index contributed by atoms with van der Waals surface area (Å²) >= 11 is 3.74. The SMILES string of the molecule is Cl.F.F.F.F.Fc1cc(F)cc(S)c1. The van der Waals surface area contributed by atoms with E-state index < -0.39 is 11.6 Å². The molecule has 0 radical (unpaired) electrons. The molecular weight excluding hydrogens is 254 g/mol. The summed E-state index contributed by atoms with van der Waals surface area (Å²) in [5.41, 5.74) is 0. The standard InChI is InChI=1S/C6H4F2S.ClH.4FH/c7-4-1-5(8)3-6(9)2-4;;;;;/h1-3,9H;5*1H. The molecule has 88 valence electrons. The third kappa shape index (κ3) is 9.53. The first-order valence-electron chi connectivity index (χ1n) is 2.33. The Morgan fingerprint density at radius 2 is 1.07 bits per heavy atom. The lowest BCUT2D eigenvalue weighted by atomic mass is 10.3. The molecule has 0 fully saturated rings. The minimum Gasteiger partial charge on any atom is -0.269 e. The smallest absolute Gasteiger partial charge is 0.127 e. The summed E-state index contributed by atoms with van der Waals surface area (Å²) < 4.78 is 24.3. The van der Waals surface area contributed by atoms with Crippen molar-refractivity contribution in [3.63, 3.8) is 0 Å². The van der Waals surface area contributed by atoms with Crippen LogP contribution in [0.15, 0.2) is 23.1 Å². The van der Waals surface area contributed by atoms with Crippen molar-refractivity contribution in [3.8, 4) is 0 Å². The highest BCUT2D eigenvalue weighted by molar-refractivity contribution is 7.80. The van der Waals surface area contributed by atoms with E-state index in [4.69, 9.17) is 0 Å². The minimum atomic E-state index is -0.597. The highest BCUT2D eigenvalue weighted by Crippen LogP contribution is 2.10. The molecule has 0 saturated heterocycles. The topological polar surface area (TPSA) is 0 Å². The summed E-state index contributed by atoms with van der Waals surface area (Å²) in [5.74, 6) is -1.19. The molecule has 0 aliphatic rings. The van der Waals surface area contributed by atoms with Crippen molar-refractivity contribution in [2.45, 2.75) is 4.90 Å². The first-order valence-corrected chi connectivity index (χ1v) is 2.78. The van der Waals surface area contributed by atoms with E-state index in [1.807, 2.05) is 0 Å². The first-order chi connectivity index (χ1) is 4.18. The van der Waals surface area contributed by atoms with Gasteiger partial charge in [0.2, 0.25) is 0 Å². The van der Waals surface area contributed by atoms with Gasteiger partial charge in [-0.1, -0.05) is 0 Å². The van der Waals surface area contributed by atoms with E-state index in [0.29, 0.717) is 4.90 Å². The third-order valence-electron chi connectivity index (χ3n) is 0.847. The van der Waals surface area contributed by atoms with Gasteiger partial charge in [0.25, 0.3) is 0 Å². The molecule has 0 N–H and O–H groups in total. The van der Waals surface area contributed by atoms with E-state index in [1.54, 1.807) is 0 Å². The number of thiol groups is 1. The summed E-state index contributed by atoms with van der Waals surface area (Å²) in [6, 6.07) is 3.10. The van der Waals surface area contributed by atoms with Crippen LogP contribution < -0.4 is 0 Å². The lowest BCUT2D eigenvalue weighted by Gasteiger charge is -1.90. The molecule has 0 bridgehead atoms. The maximum Gasteiger partial charge on any atom is 0.127 e. The second-order valence-corrected chi connectivity index (χ2v) is 2.14. The first kappa shape index (κ1) is 29.2. The second-order valence-electron chi connectivity index (χ2n) is 1.63. The number of hydrogen-bond donors (Lipinski definition) is 1. The van der Waals surface area contributed by atoms with Crippen molar-refractivity contribution < 1.29 is 27.6 Å². The average molecular weight is 263 g/mol. The molecule has 0 aliphatic carbocycles. The van der Waals surface area contributed by atoms with Crippen molar-refractivity contribution >= 4 is 25.0 Å². The predicted octanol–water partition coefficient (Wildman–Crippen LogP) is 3.29. The molecule has 0 spiro atoms. The fraction of sp³-hybridized carbons (Fsp3) is 0. The van der Waals surface area contributed by atoms with Crippen LogP contribution >= 0.6 is 25.0 Å². The van der Waals surface area contributed by atoms with E-state index in [0.717, 1.165) is 18.2 Å². The predicted molar refractivity (Wildman–Crippen MR) is 50.9 cm³/mol. The highest BCUT2D eigenvalue weighted by Gasteiger charge is 1.94. The van der Waals surface area contributed by atoms with Gasteiger partial charge in [-0.2, -0.15) is 0 Å². The molecule has 0 nitrogen and oxygen atoms in total. The Morgan fingerprint density at radius 1 is 0.786 bits per heavy atom. The quantitative estimate of drug-likeness (QED) is 0.538. The average Bonchev–Trinajstić information content (AvgIpc) is 1.59. The van der Waals surface area contributed by atoms with Gasteiger partial charge >= 0.3 is 0 Å². The Balaban J connectivity index is -0.0000000540. The van der Waals surface area contributed by atoms with E-state index in [-0.39, 0.29) is 31.2 Å². The molecule has 14 heavy (non-hydrogen) atoms. The third-order valence-corrected chi connectivity index (χ3v) is 1.11. The van der Waals surface area contributed by atoms with Crippen molar-refractivity contribution in [3.05, 3.63) is 29.8 Å². The lowest BCUT2D eigenvalue weighted by Crippen LogP contribution is -1.77. The van der Waals surface area contributed by atoms with E-state index in [2.05, 4.69) is 12.6 Å². The Bertz CT molecular complexity index is 183. The van der Waals surface area contributed by atoms with Crippen molar-refractivity contribution in [1.82, 2.24) is 0 Å². The van der Waals surface area contributed by atoms with E-state index in [1.165, 1.54) is 0 Å². The van der Waals surface area contributed by atoms with E-state index in [9.17, 15) is 8.78 Å².